The lowest BCUT2D eigenvalue weighted by molar-refractivity contribution is 0.691. The number of hydrogen-bond acceptors (Lipinski definition) is 1. The Bertz CT molecular complexity index is 2180. The Morgan fingerprint density at radius 1 is 0.561 bits per heavy atom. The van der Waals surface area contributed by atoms with Crippen molar-refractivity contribution in [3.8, 4) is 11.1 Å². The Labute approximate surface area is 240 Å². The maximum atomic E-state index is 5.34. The lowest BCUT2D eigenvalue weighted by Gasteiger charge is -2.18. The zero-order valence-electron chi connectivity index (χ0n) is 23.5. The van der Waals surface area contributed by atoms with Crippen LogP contribution < -0.4 is 0 Å². The second kappa shape index (κ2) is 9.42. The van der Waals surface area contributed by atoms with Gasteiger partial charge in [-0.25, -0.2) is 0 Å². The van der Waals surface area contributed by atoms with Crippen molar-refractivity contribution in [1.82, 2.24) is 0 Å². The summed E-state index contributed by atoms with van der Waals surface area (Å²) in [5.74, 6) is 0.381. The van der Waals surface area contributed by atoms with E-state index in [4.69, 9.17) is 4.99 Å². The largest absolute Gasteiger partial charge is 0.252 e. The summed E-state index contributed by atoms with van der Waals surface area (Å²) < 4.78 is 0. The molecule has 41 heavy (non-hydrogen) atoms. The third kappa shape index (κ3) is 3.88. The van der Waals surface area contributed by atoms with Gasteiger partial charge in [-0.05, 0) is 103 Å². The van der Waals surface area contributed by atoms with Crippen molar-refractivity contribution in [3.05, 3.63) is 138 Å². The highest BCUT2D eigenvalue weighted by molar-refractivity contribution is 6.25. The van der Waals surface area contributed by atoms with E-state index in [0.717, 1.165) is 18.5 Å². The summed E-state index contributed by atoms with van der Waals surface area (Å²) in [5.41, 5.74) is 8.75. The summed E-state index contributed by atoms with van der Waals surface area (Å²) in [4.78, 5) is 5.34. The monoisotopic (exact) mass is 525 g/mol. The minimum Gasteiger partial charge on any atom is -0.252 e. The first-order chi connectivity index (χ1) is 20.2. The number of benzene rings is 7. The van der Waals surface area contributed by atoms with Crippen LogP contribution in [0.2, 0.25) is 0 Å². The summed E-state index contributed by atoms with van der Waals surface area (Å²) in [7, 11) is 0. The van der Waals surface area contributed by atoms with Crippen LogP contribution in [0.5, 0.6) is 0 Å². The van der Waals surface area contributed by atoms with E-state index in [1.54, 1.807) is 0 Å². The lowest BCUT2D eigenvalue weighted by atomic mass is 9.86. The average Bonchev–Trinajstić information content (AvgIpc) is 3.18. The van der Waals surface area contributed by atoms with Gasteiger partial charge in [0.25, 0.3) is 0 Å². The molecule has 0 spiro atoms. The Hall–Kier alpha value is -4.75. The topological polar surface area (TPSA) is 12.4 Å². The van der Waals surface area contributed by atoms with E-state index < -0.39 is 0 Å². The molecular weight excluding hydrogens is 494 g/mol. The Morgan fingerprint density at radius 3 is 2.00 bits per heavy atom. The van der Waals surface area contributed by atoms with Gasteiger partial charge in [-0.15, -0.1) is 0 Å². The molecule has 8 rings (SSSR count). The number of fused-ring (bicyclic) bond motifs is 7. The molecular formula is C40H31N. The highest BCUT2D eigenvalue weighted by Gasteiger charge is 2.22. The predicted molar refractivity (Wildman–Crippen MR) is 177 cm³/mol. The van der Waals surface area contributed by atoms with Crippen LogP contribution in [0, 0.1) is 12.8 Å². The fraction of sp³-hybridized carbons (Fsp3) is 0.125. The van der Waals surface area contributed by atoms with E-state index in [-0.39, 0.29) is 0 Å². The molecule has 0 radical (unpaired) electrons. The summed E-state index contributed by atoms with van der Waals surface area (Å²) in [6.45, 7) is 4.49. The molecule has 0 amide bonds. The third-order valence-electron chi connectivity index (χ3n) is 9.03. The Morgan fingerprint density at radius 2 is 1.20 bits per heavy atom. The van der Waals surface area contributed by atoms with E-state index in [9.17, 15) is 0 Å². The van der Waals surface area contributed by atoms with Crippen molar-refractivity contribution in [1.29, 1.82) is 0 Å². The quantitative estimate of drug-likeness (QED) is 0.199. The second-order valence-electron chi connectivity index (χ2n) is 11.6. The first kappa shape index (κ1) is 24.1. The van der Waals surface area contributed by atoms with Crippen LogP contribution >= 0.6 is 0 Å². The van der Waals surface area contributed by atoms with Gasteiger partial charge in [0.2, 0.25) is 0 Å². The van der Waals surface area contributed by atoms with Crippen LogP contribution in [-0.4, -0.2) is 5.71 Å². The molecule has 1 nitrogen and oxygen atoms in total. The minimum absolute atomic E-state index is 0.381. The van der Waals surface area contributed by atoms with Crippen LogP contribution in [0.25, 0.3) is 54.2 Å². The fourth-order valence-corrected chi connectivity index (χ4v) is 6.92. The summed E-state index contributed by atoms with van der Waals surface area (Å²) >= 11 is 0. The van der Waals surface area contributed by atoms with Crippen LogP contribution in [0.4, 0.5) is 5.69 Å². The maximum Gasteiger partial charge on any atom is 0.0667 e. The Balaban J connectivity index is 1.39. The predicted octanol–water partition coefficient (Wildman–Crippen LogP) is 11.0. The highest BCUT2D eigenvalue weighted by atomic mass is 14.8. The van der Waals surface area contributed by atoms with Crippen molar-refractivity contribution < 1.29 is 0 Å². The van der Waals surface area contributed by atoms with Crippen LogP contribution in [0.3, 0.4) is 0 Å². The van der Waals surface area contributed by atoms with Gasteiger partial charge in [-0.3, -0.25) is 4.99 Å². The number of hydrogen-bond donors (Lipinski definition) is 0. The number of aryl methyl sites for hydroxylation is 2. The van der Waals surface area contributed by atoms with Crippen molar-refractivity contribution in [2.75, 3.05) is 0 Å². The van der Waals surface area contributed by atoms with Gasteiger partial charge in [0.15, 0.2) is 0 Å². The Kier molecular flexibility index (Phi) is 5.53. The molecule has 0 fully saturated rings. The van der Waals surface area contributed by atoms with Crippen LogP contribution in [0.15, 0.2) is 126 Å². The molecule has 0 aromatic heterocycles. The van der Waals surface area contributed by atoms with Crippen molar-refractivity contribution in [2.24, 2.45) is 10.9 Å². The van der Waals surface area contributed by atoms with Gasteiger partial charge in [0.05, 0.1) is 11.4 Å². The van der Waals surface area contributed by atoms with Crippen LogP contribution in [-0.2, 0) is 6.42 Å². The molecule has 1 atom stereocenters. The van der Waals surface area contributed by atoms with Crippen molar-refractivity contribution in [2.45, 2.75) is 26.7 Å². The van der Waals surface area contributed by atoms with E-state index in [2.05, 4.69) is 135 Å². The van der Waals surface area contributed by atoms with E-state index in [1.807, 2.05) is 0 Å². The van der Waals surface area contributed by atoms with E-state index >= 15 is 0 Å². The van der Waals surface area contributed by atoms with Crippen LogP contribution in [0.1, 0.15) is 30.0 Å². The molecule has 0 N–H and O–H groups in total. The van der Waals surface area contributed by atoms with Gasteiger partial charge in [-0.2, -0.15) is 0 Å². The van der Waals surface area contributed by atoms with Gasteiger partial charge < -0.3 is 0 Å². The normalized spacial score (nSPS) is 15.3. The minimum atomic E-state index is 0.381. The average molecular weight is 526 g/mol. The van der Waals surface area contributed by atoms with Gasteiger partial charge >= 0.3 is 0 Å². The van der Waals surface area contributed by atoms with E-state index in [0.29, 0.717) is 5.92 Å². The molecule has 0 aliphatic carbocycles. The maximum absolute atomic E-state index is 5.34. The molecule has 7 aromatic carbocycles. The van der Waals surface area contributed by atoms with Gasteiger partial charge in [0.1, 0.15) is 0 Å². The SMILES string of the molecule is Cc1ccc2c(c1)N=C(c1ccc(-c3cc4ccc5ccccc5c4c4ccccc34)c3ccccc13)C(C)CC2. The van der Waals surface area contributed by atoms with E-state index in [1.165, 1.54) is 76.6 Å². The van der Waals surface area contributed by atoms with Gasteiger partial charge in [0, 0.05) is 5.56 Å². The first-order valence-electron chi connectivity index (χ1n) is 14.7. The molecule has 0 saturated carbocycles. The summed E-state index contributed by atoms with van der Waals surface area (Å²) in [5, 5.41) is 10.3. The number of rotatable bonds is 2. The third-order valence-corrected chi connectivity index (χ3v) is 9.03. The summed E-state index contributed by atoms with van der Waals surface area (Å²) in [6, 6.07) is 44.9. The van der Waals surface area contributed by atoms with Crippen molar-refractivity contribution >= 4 is 54.5 Å². The molecule has 1 aliphatic rings. The zero-order valence-corrected chi connectivity index (χ0v) is 23.5. The first-order valence-corrected chi connectivity index (χ1v) is 14.7. The molecule has 1 aliphatic heterocycles. The van der Waals surface area contributed by atoms with Crippen molar-refractivity contribution in [3.63, 3.8) is 0 Å². The molecule has 1 heterocycles. The van der Waals surface area contributed by atoms with Gasteiger partial charge in [-0.1, -0.05) is 116 Å². The molecule has 1 heteroatoms. The molecule has 0 saturated heterocycles. The fourth-order valence-electron chi connectivity index (χ4n) is 6.92. The molecule has 196 valence electrons. The second-order valence-corrected chi connectivity index (χ2v) is 11.6. The number of aliphatic imine (C=N–C) groups is 1. The standard InChI is InChI=1S/C40H31N/c1-25-15-17-28-18-16-26(2)40(41-38(28)23-25)36-22-21-34(31-11-5-6-12-32(31)36)37-24-29-20-19-27-9-3-4-10-30(27)39(29)35-14-8-7-13-33(35)37/h3-15,17,19-24,26H,16,18H2,1-2H3. The summed E-state index contributed by atoms with van der Waals surface area (Å²) in [6.07, 6.45) is 2.17. The highest BCUT2D eigenvalue weighted by Crippen LogP contribution is 2.42. The smallest absolute Gasteiger partial charge is 0.0667 e. The molecule has 7 aromatic rings. The lowest BCUT2D eigenvalue weighted by Crippen LogP contribution is -2.12. The molecule has 1 unspecified atom stereocenters. The number of nitrogens with zero attached hydrogens (tertiary/aromatic N) is 1. The zero-order chi connectivity index (χ0) is 27.5. The molecule has 0 bridgehead atoms.